The van der Waals surface area contributed by atoms with Crippen molar-refractivity contribution in [1.82, 2.24) is 0 Å². The van der Waals surface area contributed by atoms with Gasteiger partial charge in [0.2, 0.25) is 5.58 Å². The summed E-state index contributed by atoms with van der Waals surface area (Å²) in [5.74, 6) is -1.73. The third-order valence-corrected chi connectivity index (χ3v) is 4.42. The third kappa shape index (κ3) is 2.55. The first kappa shape index (κ1) is 17.2. The van der Waals surface area contributed by atoms with Crippen molar-refractivity contribution in [3.8, 4) is 28.2 Å². The van der Waals surface area contributed by atoms with Crippen LogP contribution in [0.1, 0.15) is 10.4 Å². The van der Waals surface area contributed by atoms with E-state index in [1.54, 1.807) is 18.2 Å². The first-order chi connectivity index (χ1) is 13.4. The summed E-state index contributed by atoms with van der Waals surface area (Å²) in [5.41, 5.74) is -0.227. The van der Waals surface area contributed by atoms with Gasteiger partial charge in [-0.3, -0.25) is 14.9 Å². The second-order valence-corrected chi connectivity index (χ2v) is 6.05. The lowest BCUT2D eigenvalue weighted by molar-refractivity contribution is -0.384. The molecule has 1 aliphatic carbocycles. The van der Waals surface area contributed by atoms with Crippen molar-refractivity contribution in [3.05, 3.63) is 80.5 Å². The van der Waals surface area contributed by atoms with E-state index in [0.717, 1.165) is 12.1 Å². The molecule has 2 aliphatic rings. The van der Waals surface area contributed by atoms with Crippen molar-refractivity contribution in [1.29, 1.82) is 0 Å². The number of fused-ring (bicyclic) bond motifs is 2. The molecule has 1 aliphatic heterocycles. The molecule has 0 fully saturated rings. The summed E-state index contributed by atoms with van der Waals surface area (Å²) in [6, 6.07) is 12.7. The summed E-state index contributed by atoms with van der Waals surface area (Å²) in [7, 11) is 0. The summed E-state index contributed by atoms with van der Waals surface area (Å²) < 4.78 is 5.61. The van der Waals surface area contributed by atoms with Gasteiger partial charge >= 0.3 is 11.7 Å². The van der Waals surface area contributed by atoms with Gasteiger partial charge in [0.05, 0.1) is 10.5 Å². The first-order valence-corrected chi connectivity index (χ1v) is 8.08. The Labute approximate surface area is 156 Å². The van der Waals surface area contributed by atoms with Crippen molar-refractivity contribution in [2.75, 3.05) is 0 Å². The largest absolute Gasteiger partial charge is 0.502 e. The van der Waals surface area contributed by atoms with E-state index in [-0.39, 0.29) is 27.7 Å². The Morgan fingerprint density at radius 3 is 2.50 bits per heavy atom. The highest BCUT2D eigenvalue weighted by Gasteiger charge is 2.27. The van der Waals surface area contributed by atoms with E-state index in [0.29, 0.717) is 16.7 Å². The van der Waals surface area contributed by atoms with Crippen LogP contribution in [0.3, 0.4) is 0 Å². The molecular formula is C20H11NO7. The van der Waals surface area contributed by atoms with E-state index in [4.69, 9.17) is 4.42 Å². The summed E-state index contributed by atoms with van der Waals surface area (Å²) >= 11 is 0. The molecule has 2 N–H and O–H groups in total. The molecule has 28 heavy (non-hydrogen) atoms. The van der Waals surface area contributed by atoms with Crippen LogP contribution in [0.25, 0.3) is 33.4 Å². The lowest BCUT2D eigenvalue weighted by Gasteiger charge is -2.16. The molecule has 0 aromatic heterocycles. The maximum Gasteiger partial charge on any atom is 0.353 e. The zero-order chi connectivity index (χ0) is 20.0. The van der Waals surface area contributed by atoms with Gasteiger partial charge in [-0.25, -0.2) is 4.79 Å². The molecule has 4 rings (SSSR count). The molecule has 8 nitrogen and oxygen atoms in total. The van der Waals surface area contributed by atoms with Gasteiger partial charge in [0.25, 0.3) is 0 Å². The minimum atomic E-state index is -1.17. The number of rotatable bonds is 3. The molecule has 1 heterocycles. The second-order valence-electron chi connectivity index (χ2n) is 6.05. The molecule has 0 saturated carbocycles. The molecule has 0 bridgehead atoms. The Bertz CT molecular complexity index is 1310. The number of phenols is 1. The molecular weight excluding hydrogens is 366 g/mol. The number of carboxylic acids is 1. The molecule has 0 spiro atoms. The maximum atomic E-state index is 11.8. The van der Waals surface area contributed by atoms with Gasteiger partial charge in [-0.2, -0.15) is 0 Å². The van der Waals surface area contributed by atoms with Gasteiger partial charge in [0.1, 0.15) is 5.76 Å². The topological polar surface area (TPSA) is 131 Å². The lowest BCUT2D eigenvalue weighted by atomic mass is 9.90. The number of aromatic hydroxyl groups is 1. The van der Waals surface area contributed by atoms with Gasteiger partial charge in [-0.15, -0.1) is 0 Å². The number of hydrogen-bond acceptors (Lipinski definition) is 6. The lowest BCUT2D eigenvalue weighted by Crippen LogP contribution is -2.04. The van der Waals surface area contributed by atoms with E-state index >= 15 is 0 Å². The highest BCUT2D eigenvalue weighted by Crippen LogP contribution is 2.45. The number of nitro benzene ring substituents is 1. The molecule has 0 saturated heterocycles. The van der Waals surface area contributed by atoms with E-state index in [2.05, 4.69) is 0 Å². The zero-order valence-electron chi connectivity index (χ0n) is 14.1. The van der Waals surface area contributed by atoms with Crippen LogP contribution in [-0.4, -0.2) is 21.1 Å². The number of nitro groups is 1. The highest BCUT2D eigenvalue weighted by atomic mass is 16.6. The van der Waals surface area contributed by atoms with Gasteiger partial charge in [0.15, 0.2) is 11.2 Å². The van der Waals surface area contributed by atoms with Crippen LogP contribution < -0.4 is 5.43 Å². The Kier molecular flexibility index (Phi) is 3.82. The molecule has 0 amide bonds. The molecule has 0 unspecified atom stereocenters. The van der Waals surface area contributed by atoms with E-state index in [1.165, 1.54) is 24.3 Å². The number of carbonyl (C=O) groups is 1. The van der Waals surface area contributed by atoms with Crippen molar-refractivity contribution >= 4 is 22.6 Å². The molecule has 0 atom stereocenters. The van der Waals surface area contributed by atoms with E-state index < -0.39 is 22.3 Å². The summed E-state index contributed by atoms with van der Waals surface area (Å²) in [6.07, 6.45) is 0. The minimum Gasteiger partial charge on any atom is -0.502 e. The van der Waals surface area contributed by atoms with Gasteiger partial charge in [0, 0.05) is 22.6 Å². The van der Waals surface area contributed by atoms with Gasteiger partial charge in [-0.05, 0) is 35.9 Å². The van der Waals surface area contributed by atoms with Crippen molar-refractivity contribution in [2.24, 2.45) is 0 Å². The van der Waals surface area contributed by atoms with Crippen LogP contribution in [0.5, 0.6) is 5.75 Å². The minimum absolute atomic E-state index is 0.0155. The number of aromatic carboxylic acids is 1. The number of phenolic OH excluding ortho intramolecular Hbond substituents is 1. The Balaban J connectivity index is 2.28. The first-order valence-electron chi connectivity index (χ1n) is 8.08. The quantitative estimate of drug-likeness (QED) is 0.315. The number of benzene rings is 3. The van der Waals surface area contributed by atoms with Crippen LogP contribution in [-0.2, 0) is 0 Å². The third-order valence-electron chi connectivity index (χ3n) is 4.42. The number of nitrogens with zero attached hydrogens (tertiary/aromatic N) is 1. The smallest absolute Gasteiger partial charge is 0.353 e. The molecule has 0 radical (unpaired) electrons. The summed E-state index contributed by atoms with van der Waals surface area (Å²) in [6.45, 7) is 0. The molecule has 2 aromatic carbocycles. The average Bonchev–Trinajstić information content (AvgIpc) is 2.65. The molecule has 138 valence electrons. The predicted octanol–water partition coefficient (Wildman–Crippen LogP) is 3.88. The summed E-state index contributed by atoms with van der Waals surface area (Å²) in [4.78, 5) is 34.2. The average molecular weight is 377 g/mol. The van der Waals surface area contributed by atoms with Crippen LogP contribution in [0.4, 0.5) is 5.69 Å². The Hall–Kier alpha value is -4.20. The van der Waals surface area contributed by atoms with Gasteiger partial charge in [-0.1, -0.05) is 18.2 Å². The van der Waals surface area contributed by atoms with Crippen molar-refractivity contribution in [2.45, 2.75) is 0 Å². The van der Waals surface area contributed by atoms with Crippen LogP contribution in [0.2, 0.25) is 0 Å². The molecule has 2 aromatic rings. The maximum absolute atomic E-state index is 11.8. The predicted molar refractivity (Wildman–Crippen MR) is 99.8 cm³/mol. The Morgan fingerprint density at radius 2 is 1.79 bits per heavy atom. The monoisotopic (exact) mass is 377 g/mol. The fraction of sp³-hybridized carbons (Fsp3) is 0. The SMILES string of the molecule is O=C(O)c1ccccc1-c1c2ccc(=O)cc-2oc2c([N+](=O)[O-])c(O)ccc12. The van der Waals surface area contributed by atoms with E-state index in [1.807, 2.05) is 0 Å². The van der Waals surface area contributed by atoms with Gasteiger partial charge < -0.3 is 14.6 Å². The normalized spacial score (nSPS) is 11.0. The van der Waals surface area contributed by atoms with Crippen molar-refractivity contribution < 1.29 is 24.3 Å². The van der Waals surface area contributed by atoms with Crippen LogP contribution >= 0.6 is 0 Å². The number of carboxylic acid groups (broad SMARTS) is 1. The fourth-order valence-corrected chi connectivity index (χ4v) is 3.26. The second kappa shape index (κ2) is 6.20. The summed E-state index contributed by atoms with van der Waals surface area (Å²) in [5, 5.41) is 31.3. The van der Waals surface area contributed by atoms with Crippen molar-refractivity contribution in [3.63, 3.8) is 0 Å². The Morgan fingerprint density at radius 1 is 1.04 bits per heavy atom. The van der Waals surface area contributed by atoms with Crippen LogP contribution in [0.15, 0.2) is 63.8 Å². The fourth-order valence-electron chi connectivity index (χ4n) is 3.26. The zero-order valence-corrected chi connectivity index (χ0v) is 14.1. The standard InChI is InChI=1S/C20H11NO7/c22-10-5-6-13-16(9-10)28-19-14(7-8-15(23)18(19)21(26)27)17(13)11-3-1-2-4-12(11)20(24)25/h1-9,23H,(H,24,25). The van der Waals surface area contributed by atoms with Crippen LogP contribution in [0, 0.1) is 10.1 Å². The molecule has 8 heteroatoms. The highest BCUT2D eigenvalue weighted by molar-refractivity contribution is 6.09. The number of hydrogen-bond donors (Lipinski definition) is 2. The van der Waals surface area contributed by atoms with E-state index in [9.17, 15) is 29.9 Å².